The largest absolute Gasteiger partial charge is 0.497 e. The number of carbonyl (C=O) groups excluding carboxylic acids is 1. The van der Waals surface area contributed by atoms with Gasteiger partial charge in [0.2, 0.25) is 5.91 Å². The summed E-state index contributed by atoms with van der Waals surface area (Å²) < 4.78 is 15.9. The van der Waals surface area contributed by atoms with Crippen molar-refractivity contribution in [3.05, 3.63) is 53.6 Å². The molecule has 2 rings (SSSR count). The fourth-order valence-corrected chi connectivity index (χ4v) is 2.73. The molecule has 134 valence electrons. The molecule has 0 aliphatic carbocycles. The monoisotopic (exact) mass is 343 g/mol. The number of para-hydroxylation sites is 1. The van der Waals surface area contributed by atoms with Crippen LogP contribution < -0.4 is 19.5 Å². The van der Waals surface area contributed by atoms with Gasteiger partial charge in [0.05, 0.1) is 21.3 Å². The van der Waals surface area contributed by atoms with Crippen LogP contribution in [0.15, 0.2) is 42.5 Å². The first-order valence-corrected chi connectivity index (χ1v) is 8.19. The fraction of sp³-hybridized carbons (Fsp3) is 0.350. The van der Waals surface area contributed by atoms with E-state index in [1.54, 1.807) is 21.3 Å². The highest BCUT2D eigenvalue weighted by atomic mass is 16.5. The van der Waals surface area contributed by atoms with Crippen LogP contribution in [0.5, 0.6) is 17.2 Å². The average molecular weight is 343 g/mol. The Labute approximate surface area is 148 Å². The van der Waals surface area contributed by atoms with Crippen molar-refractivity contribution in [1.29, 1.82) is 0 Å². The molecule has 0 fully saturated rings. The average Bonchev–Trinajstić information content (AvgIpc) is 2.65. The Morgan fingerprint density at radius 3 is 2.40 bits per heavy atom. The molecule has 2 aromatic carbocycles. The van der Waals surface area contributed by atoms with Crippen molar-refractivity contribution in [2.45, 2.75) is 25.8 Å². The van der Waals surface area contributed by atoms with Crippen LogP contribution in [0.1, 0.15) is 30.4 Å². The maximum absolute atomic E-state index is 12.3. The minimum Gasteiger partial charge on any atom is -0.497 e. The first-order chi connectivity index (χ1) is 12.1. The van der Waals surface area contributed by atoms with E-state index in [2.05, 4.69) is 5.32 Å². The smallest absolute Gasteiger partial charge is 0.220 e. The summed E-state index contributed by atoms with van der Waals surface area (Å²) in [5, 5.41) is 2.95. The lowest BCUT2D eigenvalue weighted by Gasteiger charge is -2.17. The second-order valence-corrected chi connectivity index (χ2v) is 5.80. The van der Waals surface area contributed by atoms with Gasteiger partial charge >= 0.3 is 0 Å². The van der Waals surface area contributed by atoms with Crippen LogP contribution in [0.3, 0.4) is 0 Å². The summed E-state index contributed by atoms with van der Waals surface area (Å²) in [6, 6.07) is 13.3. The molecular weight excluding hydrogens is 318 g/mol. The van der Waals surface area contributed by atoms with Gasteiger partial charge in [0.1, 0.15) is 17.2 Å². The molecule has 0 bridgehead atoms. The van der Waals surface area contributed by atoms with E-state index in [1.807, 2.05) is 49.4 Å². The van der Waals surface area contributed by atoms with Crippen molar-refractivity contribution in [1.82, 2.24) is 5.32 Å². The minimum atomic E-state index is -0.0173. The topological polar surface area (TPSA) is 56.8 Å². The zero-order valence-electron chi connectivity index (χ0n) is 15.2. The number of methoxy groups -OCH3 is 3. The lowest BCUT2D eigenvalue weighted by molar-refractivity contribution is -0.121. The Morgan fingerprint density at radius 1 is 1.00 bits per heavy atom. The first-order valence-electron chi connectivity index (χ1n) is 8.19. The van der Waals surface area contributed by atoms with Gasteiger partial charge < -0.3 is 19.5 Å². The summed E-state index contributed by atoms with van der Waals surface area (Å²) in [5.74, 6) is 2.24. The molecule has 1 amide bonds. The molecule has 0 heterocycles. The van der Waals surface area contributed by atoms with E-state index in [0.717, 1.165) is 28.4 Å². The lowest BCUT2D eigenvalue weighted by Crippen LogP contribution is -2.24. The van der Waals surface area contributed by atoms with Gasteiger partial charge in [-0.15, -0.1) is 0 Å². The lowest BCUT2D eigenvalue weighted by atomic mass is 9.96. The molecule has 0 saturated heterocycles. The van der Waals surface area contributed by atoms with Crippen LogP contribution in [0, 0.1) is 0 Å². The zero-order chi connectivity index (χ0) is 18.2. The van der Waals surface area contributed by atoms with Crippen molar-refractivity contribution >= 4 is 5.91 Å². The van der Waals surface area contributed by atoms with Crippen molar-refractivity contribution in [3.63, 3.8) is 0 Å². The standard InChI is InChI=1S/C20H25NO4/c1-14(17-10-9-16(23-2)12-19(17)25-4)11-20(22)21-13-15-7-5-6-8-18(15)24-3/h5-10,12,14H,11,13H2,1-4H3,(H,21,22). The van der Waals surface area contributed by atoms with E-state index >= 15 is 0 Å². The second-order valence-electron chi connectivity index (χ2n) is 5.80. The zero-order valence-corrected chi connectivity index (χ0v) is 15.2. The normalized spacial score (nSPS) is 11.5. The van der Waals surface area contributed by atoms with Crippen LogP contribution in [0.4, 0.5) is 0 Å². The van der Waals surface area contributed by atoms with Crippen LogP contribution in [-0.4, -0.2) is 27.2 Å². The Morgan fingerprint density at radius 2 is 1.72 bits per heavy atom. The summed E-state index contributed by atoms with van der Waals surface area (Å²) >= 11 is 0. The molecule has 0 saturated carbocycles. The summed E-state index contributed by atoms with van der Waals surface area (Å²) in [7, 11) is 4.86. The van der Waals surface area contributed by atoms with Gasteiger partial charge in [-0.3, -0.25) is 4.79 Å². The maximum Gasteiger partial charge on any atom is 0.220 e. The van der Waals surface area contributed by atoms with E-state index in [-0.39, 0.29) is 11.8 Å². The van der Waals surface area contributed by atoms with E-state index in [9.17, 15) is 4.79 Å². The summed E-state index contributed by atoms with van der Waals surface area (Å²) in [6.07, 6.45) is 0.373. The highest BCUT2D eigenvalue weighted by Gasteiger charge is 2.16. The minimum absolute atomic E-state index is 0.0173. The molecular formula is C20H25NO4. The number of benzene rings is 2. The van der Waals surface area contributed by atoms with E-state index in [1.165, 1.54) is 0 Å². The first kappa shape index (κ1) is 18.6. The molecule has 1 atom stereocenters. The number of nitrogens with one attached hydrogen (secondary N) is 1. The van der Waals surface area contributed by atoms with Gasteiger partial charge in [-0.1, -0.05) is 31.2 Å². The number of hydrogen-bond donors (Lipinski definition) is 1. The third-order valence-electron chi connectivity index (χ3n) is 4.13. The Bertz CT molecular complexity index is 715. The van der Waals surface area contributed by atoms with Gasteiger partial charge in [0.15, 0.2) is 0 Å². The van der Waals surface area contributed by atoms with Crippen LogP contribution >= 0.6 is 0 Å². The van der Waals surface area contributed by atoms with Crippen molar-refractivity contribution in [2.75, 3.05) is 21.3 Å². The predicted octanol–water partition coefficient (Wildman–Crippen LogP) is 3.52. The number of rotatable bonds is 8. The van der Waals surface area contributed by atoms with E-state index < -0.39 is 0 Å². The number of amides is 1. The summed E-state index contributed by atoms with van der Waals surface area (Å²) in [6.45, 7) is 2.45. The fourth-order valence-electron chi connectivity index (χ4n) is 2.73. The Balaban J connectivity index is 1.98. The molecule has 25 heavy (non-hydrogen) atoms. The van der Waals surface area contributed by atoms with Crippen molar-refractivity contribution in [3.8, 4) is 17.2 Å². The highest BCUT2D eigenvalue weighted by molar-refractivity contribution is 5.77. The summed E-state index contributed by atoms with van der Waals surface area (Å²) in [4.78, 5) is 12.3. The SMILES string of the molecule is COc1ccc(C(C)CC(=O)NCc2ccccc2OC)c(OC)c1. The van der Waals surface area contributed by atoms with Crippen LogP contribution in [-0.2, 0) is 11.3 Å². The number of ether oxygens (including phenoxy) is 3. The molecule has 2 aromatic rings. The molecule has 0 aromatic heterocycles. The molecule has 1 N–H and O–H groups in total. The molecule has 0 aliphatic heterocycles. The molecule has 0 spiro atoms. The van der Waals surface area contributed by atoms with Crippen LogP contribution in [0.2, 0.25) is 0 Å². The molecule has 5 heteroatoms. The number of carbonyl (C=O) groups is 1. The van der Waals surface area contributed by atoms with E-state index in [4.69, 9.17) is 14.2 Å². The van der Waals surface area contributed by atoms with Crippen molar-refractivity contribution in [2.24, 2.45) is 0 Å². The van der Waals surface area contributed by atoms with E-state index in [0.29, 0.717) is 13.0 Å². The predicted molar refractivity (Wildman–Crippen MR) is 97.4 cm³/mol. The Kier molecular flexibility index (Phi) is 6.69. The third kappa shape index (κ3) is 4.89. The third-order valence-corrected chi connectivity index (χ3v) is 4.13. The van der Waals surface area contributed by atoms with Crippen molar-refractivity contribution < 1.29 is 19.0 Å². The van der Waals surface area contributed by atoms with Gasteiger partial charge in [0.25, 0.3) is 0 Å². The molecule has 0 radical (unpaired) electrons. The van der Waals surface area contributed by atoms with Gasteiger partial charge in [-0.05, 0) is 23.6 Å². The quantitative estimate of drug-likeness (QED) is 0.797. The molecule has 1 unspecified atom stereocenters. The van der Waals surface area contributed by atoms with Gasteiger partial charge in [-0.2, -0.15) is 0 Å². The molecule has 5 nitrogen and oxygen atoms in total. The maximum atomic E-state index is 12.3. The number of hydrogen-bond acceptors (Lipinski definition) is 4. The van der Waals surface area contributed by atoms with Crippen LogP contribution in [0.25, 0.3) is 0 Å². The second kappa shape index (κ2) is 8.97. The molecule has 0 aliphatic rings. The summed E-state index contributed by atoms with van der Waals surface area (Å²) in [5.41, 5.74) is 1.93. The van der Waals surface area contributed by atoms with Gasteiger partial charge in [-0.25, -0.2) is 0 Å². The Hall–Kier alpha value is -2.69. The van der Waals surface area contributed by atoms with Gasteiger partial charge in [0, 0.05) is 24.6 Å². The highest BCUT2D eigenvalue weighted by Crippen LogP contribution is 2.32.